The number of nitrogens with one attached hydrogen (secondary N) is 1. The molecule has 0 fully saturated rings. The van der Waals surface area contributed by atoms with E-state index in [4.69, 9.17) is 4.74 Å². The Morgan fingerprint density at radius 1 is 1.14 bits per heavy atom. The molecule has 2 heterocycles. The number of carbonyl (C=O) groups excluding carboxylic acids is 1. The van der Waals surface area contributed by atoms with E-state index in [1.165, 1.54) is 0 Å². The van der Waals surface area contributed by atoms with Crippen LogP contribution in [0.2, 0.25) is 0 Å². The quantitative estimate of drug-likeness (QED) is 0.576. The standard InChI is InChI=1S/C22H20N4O2/c1-15(17-13-24-26(14-17)18-7-5-8-19(12-18)28-2)25-22(27)21-20-9-4-3-6-16(20)10-11-23-21/h3-15H,1-2H3,(H,25,27)/t15-/m1/s1. The summed E-state index contributed by atoms with van der Waals surface area (Å²) in [6.45, 7) is 1.93. The molecule has 1 amide bonds. The van der Waals surface area contributed by atoms with Crippen LogP contribution in [-0.2, 0) is 0 Å². The molecule has 1 N–H and O–H groups in total. The third kappa shape index (κ3) is 3.44. The van der Waals surface area contributed by atoms with E-state index in [9.17, 15) is 4.79 Å². The van der Waals surface area contributed by atoms with Crippen LogP contribution in [0.4, 0.5) is 0 Å². The highest BCUT2D eigenvalue weighted by Gasteiger charge is 2.16. The summed E-state index contributed by atoms with van der Waals surface area (Å²) in [6.07, 6.45) is 5.31. The molecule has 0 unspecified atom stereocenters. The fourth-order valence-corrected chi connectivity index (χ4v) is 3.10. The SMILES string of the molecule is COc1cccc(-n2cc([C@@H](C)NC(=O)c3nccc4ccccc34)cn2)c1. The lowest BCUT2D eigenvalue weighted by Crippen LogP contribution is -2.27. The molecule has 0 radical (unpaired) electrons. The second-order valence-electron chi connectivity index (χ2n) is 6.50. The predicted octanol–water partition coefficient (Wildman–Crippen LogP) is 3.92. The maximum atomic E-state index is 12.8. The van der Waals surface area contributed by atoms with Crippen LogP contribution in [0, 0.1) is 0 Å². The number of nitrogens with zero attached hydrogens (tertiary/aromatic N) is 3. The molecule has 0 spiro atoms. The normalized spacial score (nSPS) is 11.9. The molecule has 0 aliphatic carbocycles. The number of hydrogen-bond donors (Lipinski definition) is 1. The van der Waals surface area contributed by atoms with Crippen molar-refractivity contribution in [1.82, 2.24) is 20.1 Å². The van der Waals surface area contributed by atoms with Gasteiger partial charge in [-0.15, -0.1) is 0 Å². The lowest BCUT2D eigenvalue weighted by atomic mass is 10.1. The van der Waals surface area contributed by atoms with E-state index in [-0.39, 0.29) is 11.9 Å². The minimum atomic E-state index is -0.215. The van der Waals surface area contributed by atoms with Gasteiger partial charge in [0.2, 0.25) is 0 Å². The van der Waals surface area contributed by atoms with Gasteiger partial charge < -0.3 is 10.1 Å². The first-order valence-corrected chi connectivity index (χ1v) is 8.99. The second kappa shape index (κ2) is 7.52. The molecule has 0 saturated heterocycles. The number of pyridine rings is 1. The highest BCUT2D eigenvalue weighted by molar-refractivity contribution is 6.05. The first kappa shape index (κ1) is 17.7. The van der Waals surface area contributed by atoms with Crippen molar-refractivity contribution in [2.75, 3.05) is 7.11 Å². The molecule has 2 aromatic heterocycles. The minimum absolute atomic E-state index is 0.210. The summed E-state index contributed by atoms with van der Waals surface area (Å²) in [5.74, 6) is 0.552. The summed E-state index contributed by atoms with van der Waals surface area (Å²) in [4.78, 5) is 17.1. The van der Waals surface area contributed by atoms with Crippen molar-refractivity contribution in [1.29, 1.82) is 0 Å². The number of carbonyl (C=O) groups is 1. The first-order chi connectivity index (χ1) is 13.7. The summed E-state index contributed by atoms with van der Waals surface area (Å²) in [5.41, 5.74) is 2.21. The number of hydrogen-bond acceptors (Lipinski definition) is 4. The number of methoxy groups -OCH3 is 1. The minimum Gasteiger partial charge on any atom is -0.497 e. The van der Waals surface area contributed by atoms with Gasteiger partial charge in [0.1, 0.15) is 11.4 Å². The van der Waals surface area contributed by atoms with Gasteiger partial charge in [0.15, 0.2) is 0 Å². The van der Waals surface area contributed by atoms with Crippen molar-refractivity contribution in [2.45, 2.75) is 13.0 Å². The Morgan fingerprint density at radius 2 is 2.00 bits per heavy atom. The molecule has 0 bridgehead atoms. The Kier molecular flexibility index (Phi) is 4.76. The van der Waals surface area contributed by atoms with E-state index >= 15 is 0 Å². The molecule has 0 aliphatic rings. The third-order valence-electron chi connectivity index (χ3n) is 4.66. The Bertz CT molecular complexity index is 1130. The number of aromatic nitrogens is 3. The zero-order valence-electron chi connectivity index (χ0n) is 15.7. The molecule has 0 saturated carbocycles. The van der Waals surface area contributed by atoms with Gasteiger partial charge in [-0.05, 0) is 30.5 Å². The molecule has 6 heteroatoms. The molecular formula is C22H20N4O2. The third-order valence-corrected chi connectivity index (χ3v) is 4.66. The lowest BCUT2D eigenvalue weighted by Gasteiger charge is -2.13. The number of ether oxygens (including phenoxy) is 1. The number of amides is 1. The summed E-state index contributed by atoms with van der Waals surface area (Å²) in [7, 11) is 1.63. The summed E-state index contributed by atoms with van der Waals surface area (Å²) < 4.78 is 7.02. The average molecular weight is 372 g/mol. The van der Waals surface area contributed by atoms with Crippen molar-refractivity contribution >= 4 is 16.7 Å². The molecule has 2 aromatic carbocycles. The highest BCUT2D eigenvalue weighted by atomic mass is 16.5. The van der Waals surface area contributed by atoms with Gasteiger partial charge in [0, 0.05) is 29.4 Å². The molecule has 28 heavy (non-hydrogen) atoms. The fraction of sp³-hybridized carbons (Fsp3) is 0.136. The van der Waals surface area contributed by atoms with E-state index in [1.807, 2.05) is 67.7 Å². The molecule has 4 rings (SSSR count). The fourth-order valence-electron chi connectivity index (χ4n) is 3.10. The lowest BCUT2D eigenvalue weighted by molar-refractivity contribution is 0.0936. The smallest absolute Gasteiger partial charge is 0.270 e. The molecule has 0 aliphatic heterocycles. The van der Waals surface area contributed by atoms with Gasteiger partial charge in [-0.1, -0.05) is 30.3 Å². The molecule has 1 atom stereocenters. The van der Waals surface area contributed by atoms with E-state index < -0.39 is 0 Å². The van der Waals surface area contributed by atoms with Crippen LogP contribution in [0.15, 0.2) is 73.2 Å². The van der Waals surface area contributed by atoms with Crippen molar-refractivity contribution in [2.24, 2.45) is 0 Å². The monoisotopic (exact) mass is 372 g/mol. The van der Waals surface area contributed by atoms with E-state index in [0.29, 0.717) is 5.69 Å². The largest absolute Gasteiger partial charge is 0.497 e. The molecule has 6 nitrogen and oxygen atoms in total. The maximum Gasteiger partial charge on any atom is 0.270 e. The number of rotatable bonds is 5. The number of fused-ring (bicyclic) bond motifs is 1. The van der Waals surface area contributed by atoms with Crippen LogP contribution in [0.1, 0.15) is 29.0 Å². The molecular weight excluding hydrogens is 352 g/mol. The van der Waals surface area contributed by atoms with Crippen molar-refractivity contribution in [3.8, 4) is 11.4 Å². The van der Waals surface area contributed by atoms with Crippen LogP contribution in [0.5, 0.6) is 5.75 Å². The van der Waals surface area contributed by atoms with Crippen molar-refractivity contribution in [3.05, 3.63) is 84.4 Å². The van der Waals surface area contributed by atoms with Crippen LogP contribution >= 0.6 is 0 Å². The Hall–Kier alpha value is -3.67. The zero-order chi connectivity index (χ0) is 19.5. The van der Waals surface area contributed by atoms with Gasteiger partial charge in [0.05, 0.1) is 25.0 Å². The highest BCUT2D eigenvalue weighted by Crippen LogP contribution is 2.20. The van der Waals surface area contributed by atoms with Crippen molar-refractivity contribution < 1.29 is 9.53 Å². The first-order valence-electron chi connectivity index (χ1n) is 8.99. The predicted molar refractivity (Wildman–Crippen MR) is 108 cm³/mol. The summed E-state index contributed by atoms with van der Waals surface area (Å²) in [5, 5.41) is 9.24. The molecule has 140 valence electrons. The van der Waals surface area contributed by atoms with E-state index in [2.05, 4.69) is 15.4 Å². The van der Waals surface area contributed by atoms with Crippen LogP contribution in [0.25, 0.3) is 16.5 Å². The van der Waals surface area contributed by atoms with Gasteiger partial charge in [-0.25, -0.2) is 4.68 Å². The van der Waals surface area contributed by atoms with Gasteiger partial charge in [-0.2, -0.15) is 5.10 Å². The Balaban J connectivity index is 1.54. The second-order valence-corrected chi connectivity index (χ2v) is 6.50. The van der Waals surface area contributed by atoms with Crippen LogP contribution in [-0.4, -0.2) is 27.8 Å². The topological polar surface area (TPSA) is 69.0 Å². The van der Waals surface area contributed by atoms with E-state index in [0.717, 1.165) is 27.8 Å². The van der Waals surface area contributed by atoms with Gasteiger partial charge in [-0.3, -0.25) is 9.78 Å². The molecule has 4 aromatic rings. The number of benzene rings is 2. The summed E-state index contributed by atoms with van der Waals surface area (Å²) in [6, 6.07) is 17.0. The van der Waals surface area contributed by atoms with Gasteiger partial charge in [0.25, 0.3) is 5.91 Å². The van der Waals surface area contributed by atoms with E-state index in [1.54, 1.807) is 24.2 Å². The summed E-state index contributed by atoms with van der Waals surface area (Å²) >= 11 is 0. The van der Waals surface area contributed by atoms with Crippen LogP contribution in [0.3, 0.4) is 0 Å². The zero-order valence-corrected chi connectivity index (χ0v) is 15.7. The average Bonchev–Trinajstić information content (AvgIpc) is 3.24. The van der Waals surface area contributed by atoms with Crippen LogP contribution < -0.4 is 10.1 Å². The van der Waals surface area contributed by atoms with Crippen molar-refractivity contribution in [3.63, 3.8) is 0 Å². The maximum absolute atomic E-state index is 12.8. The van der Waals surface area contributed by atoms with Gasteiger partial charge >= 0.3 is 0 Å². The Labute approximate surface area is 162 Å². The Morgan fingerprint density at radius 3 is 2.86 bits per heavy atom.